The van der Waals surface area contributed by atoms with Crippen LogP contribution in [0.3, 0.4) is 0 Å². The Kier molecular flexibility index (Phi) is 6.37. The molecule has 5 nitrogen and oxygen atoms in total. The molecule has 24 heavy (non-hydrogen) atoms. The lowest BCUT2D eigenvalue weighted by Gasteiger charge is -2.27. The maximum absolute atomic E-state index is 12.9. The number of carbonyl (C=O) groups excluding carboxylic acids is 1. The molecule has 0 radical (unpaired) electrons. The summed E-state index contributed by atoms with van der Waals surface area (Å²) >= 11 is 0. The van der Waals surface area contributed by atoms with Gasteiger partial charge in [0.25, 0.3) is 5.91 Å². The average molecular weight is 326 g/mol. The van der Waals surface area contributed by atoms with Gasteiger partial charge in [-0.05, 0) is 30.7 Å². The highest BCUT2D eigenvalue weighted by molar-refractivity contribution is 6.06. The lowest BCUT2D eigenvalue weighted by molar-refractivity contribution is -0.146. The summed E-state index contributed by atoms with van der Waals surface area (Å²) in [5, 5.41) is 10.8. The molecule has 0 spiro atoms. The summed E-state index contributed by atoms with van der Waals surface area (Å²) < 4.78 is 0. The molecule has 0 aromatic heterocycles. The Labute approximate surface area is 141 Å². The van der Waals surface area contributed by atoms with Gasteiger partial charge in [-0.1, -0.05) is 56.2 Å². The van der Waals surface area contributed by atoms with Gasteiger partial charge in [0, 0.05) is 0 Å². The highest BCUT2D eigenvalue weighted by atomic mass is 16.4. The number of carbonyl (C=O) groups is 2. The molecule has 0 saturated carbocycles. The van der Waals surface area contributed by atoms with Gasteiger partial charge >= 0.3 is 5.97 Å². The summed E-state index contributed by atoms with van der Waals surface area (Å²) in [5.41, 5.74) is 4.35. The van der Waals surface area contributed by atoms with Crippen LogP contribution in [0.1, 0.15) is 26.2 Å². The quantitative estimate of drug-likeness (QED) is 0.569. The van der Waals surface area contributed by atoms with Crippen LogP contribution in [-0.4, -0.2) is 17.0 Å². The molecule has 5 heteroatoms. The molecule has 0 bridgehead atoms. The van der Waals surface area contributed by atoms with Crippen LogP contribution in [0, 0.1) is 5.92 Å². The van der Waals surface area contributed by atoms with Crippen LogP contribution >= 0.6 is 0 Å². The summed E-state index contributed by atoms with van der Waals surface area (Å²) in [7, 11) is 0. The molecule has 0 fully saturated rings. The van der Waals surface area contributed by atoms with Crippen molar-refractivity contribution >= 4 is 23.3 Å². The third-order valence-electron chi connectivity index (χ3n) is 3.69. The number of para-hydroxylation sites is 2. The van der Waals surface area contributed by atoms with E-state index >= 15 is 0 Å². The maximum atomic E-state index is 12.9. The van der Waals surface area contributed by atoms with Crippen LogP contribution in [0.5, 0.6) is 0 Å². The normalized spacial score (nSPS) is 11.5. The van der Waals surface area contributed by atoms with Crippen molar-refractivity contribution in [1.82, 2.24) is 0 Å². The van der Waals surface area contributed by atoms with E-state index in [0.29, 0.717) is 24.2 Å². The minimum absolute atomic E-state index is 0.324. The molecule has 0 aliphatic carbocycles. The van der Waals surface area contributed by atoms with Gasteiger partial charge in [-0.2, -0.15) is 0 Å². The van der Waals surface area contributed by atoms with Gasteiger partial charge in [0.05, 0.1) is 11.4 Å². The first-order chi connectivity index (χ1) is 11.6. The number of unbranched alkanes of at least 4 members (excludes halogenated alkanes) is 1. The van der Waals surface area contributed by atoms with Crippen molar-refractivity contribution in [1.29, 1.82) is 0 Å². The highest BCUT2D eigenvalue weighted by Crippen LogP contribution is 2.21. The number of hydrazine groups is 1. The van der Waals surface area contributed by atoms with Gasteiger partial charge in [0.15, 0.2) is 0 Å². The fourth-order valence-electron chi connectivity index (χ4n) is 2.38. The first-order valence-electron chi connectivity index (χ1n) is 8.07. The smallest absolute Gasteiger partial charge is 0.316 e. The molecule has 2 N–H and O–H groups in total. The Hall–Kier alpha value is -2.82. The molecule has 2 aromatic rings. The number of carboxylic acids is 1. The minimum atomic E-state index is -1.09. The number of aliphatic carboxylic acids is 1. The van der Waals surface area contributed by atoms with Gasteiger partial charge in [0.1, 0.15) is 5.92 Å². The topological polar surface area (TPSA) is 69.6 Å². The van der Waals surface area contributed by atoms with E-state index < -0.39 is 17.8 Å². The number of nitrogens with one attached hydrogen (secondary N) is 1. The monoisotopic (exact) mass is 326 g/mol. The van der Waals surface area contributed by atoms with E-state index in [1.165, 1.54) is 5.01 Å². The molecule has 0 unspecified atom stereocenters. The average Bonchev–Trinajstić information content (AvgIpc) is 2.61. The van der Waals surface area contributed by atoms with E-state index in [4.69, 9.17) is 0 Å². The standard InChI is InChI=1S/C19H22N2O3/c1-2-3-14-17(19(23)24)18(22)21(16-12-8-5-9-13-16)20-15-10-6-4-7-11-15/h4-13,17,20H,2-3,14H2,1H3,(H,23,24)/t17-/m0/s1. The Morgan fingerprint density at radius 3 is 2.17 bits per heavy atom. The molecule has 1 atom stereocenters. The van der Waals surface area contributed by atoms with Crippen LogP contribution in [0.25, 0.3) is 0 Å². The van der Waals surface area contributed by atoms with E-state index in [2.05, 4.69) is 5.43 Å². The van der Waals surface area contributed by atoms with E-state index in [1.54, 1.807) is 12.1 Å². The lowest BCUT2D eigenvalue weighted by Crippen LogP contribution is -2.43. The molecular weight excluding hydrogens is 304 g/mol. The predicted octanol–water partition coefficient (Wildman–Crippen LogP) is 3.94. The molecule has 2 aromatic carbocycles. The SMILES string of the molecule is CCCC[C@H](C(=O)O)C(=O)N(Nc1ccccc1)c1ccccc1. The Morgan fingerprint density at radius 1 is 1.04 bits per heavy atom. The summed E-state index contributed by atoms with van der Waals surface area (Å²) in [4.78, 5) is 24.4. The van der Waals surface area contributed by atoms with Crippen LogP contribution in [-0.2, 0) is 9.59 Å². The van der Waals surface area contributed by atoms with Crippen molar-refractivity contribution in [3.63, 3.8) is 0 Å². The Bertz CT molecular complexity index is 659. The largest absolute Gasteiger partial charge is 0.481 e. The fraction of sp³-hybridized carbons (Fsp3) is 0.263. The van der Waals surface area contributed by atoms with Crippen LogP contribution < -0.4 is 10.4 Å². The summed E-state index contributed by atoms with van der Waals surface area (Å²) in [6, 6.07) is 18.2. The lowest BCUT2D eigenvalue weighted by atomic mass is 10.0. The summed E-state index contributed by atoms with van der Waals surface area (Å²) in [6.07, 6.45) is 1.86. The van der Waals surface area contributed by atoms with Crippen LogP contribution in [0.2, 0.25) is 0 Å². The molecular formula is C19H22N2O3. The summed E-state index contributed by atoms with van der Waals surface area (Å²) in [6.45, 7) is 1.97. The van der Waals surface area contributed by atoms with Crippen molar-refractivity contribution in [2.45, 2.75) is 26.2 Å². The second kappa shape index (κ2) is 8.72. The zero-order valence-electron chi connectivity index (χ0n) is 13.7. The highest BCUT2D eigenvalue weighted by Gasteiger charge is 2.31. The van der Waals surface area contributed by atoms with Gasteiger partial charge in [-0.15, -0.1) is 0 Å². The van der Waals surface area contributed by atoms with Gasteiger partial charge in [-0.3, -0.25) is 15.0 Å². The first kappa shape index (κ1) is 17.5. The second-order valence-corrected chi connectivity index (χ2v) is 5.52. The van der Waals surface area contributed by atoms with Crippen molar-refractivity contribution < 1.29 is 14.7 Å². The molecule has 0 heterocycles. The van der Waals surface area contributed by atoms with Crippen molar-refractivity contribution in [2.75, 3.05) is 10.4 Å². The van der Waals surface area contributed by atoms with Crippen LogP contribution in [0.15, 0.2) is 60.7 Å². The number of amides is 1. The predicted molar refractivity (Wildman–Crippen MR) is 94.6 cm³/mol. The number of anilines is 2. The van der Waals surface area contributed by atoms with E-state index in [-0.39, 0.29) is 0 Å². The molecule has 0 aliphatic heterocycles. The first-order valence-corrected chi connectivity index (χ1v) is 8.07. The number of hydrogen-bond donors (Lipinski definition) is 2. The molecule has 2 rings (SSSR count). The molecule has 1 amide bonds. The maximum Gasteiger partial charge on any atom is 0.316 e. The van der Waals surface area contributed by atoms with E-state index in [9.17, 15) is 14.7 Å². The van der Waals surface area contributed by atoms with Gasteiger partial charge in [0.2, 0.25) is 0 Å². The molecule has 126 valence electrons. The third-order valence-corrected chi connectivity index (χ3v) is 3.69. The molecule has 0 aliphatic rings. The zero-order chi connectivity index (χ0) is 17.4. The van der Waals surface area contributed by atoms with E-state index in [1.807, 2.05) is 55.5 Å². The minimum Gasteiger partial charge on any atom is -0.481 e. The number of carboxylic acid groups (broad SMARTS) is 1. The van der Waals surface area contributed by atoms with Crippen molar-refractivity contribution in [3.8, 4) is 0 Å². The van der Waals surface area contributed by atoms with Crippen molar-refractivity contribution in [3.05, 3.63) is 60.7 Å². The van der Waals surface area contributed by atoms with Gasteiger partial charge in [-0.25, -0.2) is 5.01 Å². The number of rotatable bonds is 8. The van der Waals surface area contributed by atoms with Crippen LogP contribution in [0.4, 0.5) is 11.4 Å². The fourth-order valence-corrected chi connectivity index (χ4v) is 2.38. The zero-order valence-corrected chi connectivity index (χ0v) is 13.7. The number of nitrogens with zero attached hydrogens (tertiary/aromatic N) is 1. The van der Waals surface area contributed by atoms with E-state index in [0.717, 1.165) is 6.42 Å². The third kappa shape index (κ3) is 4.59. The van der Waals surface area contributed by atoms with Gasteiger partial charge < -0.3 is 5.11 Å². The number of hydrogen-bond acceptors (Lipinski definition) is 3. The Balaban J connectivity index is 2.30. The number of benzene rings is 2. The second-order valence-electron chi connectivity index (χ2n) is 5.52. The molecule has 0 saturated heterocycles. The summed E-state index contributed by atoms with van der Waals surface area (Å²) in [5.74, 6) is -2.63. The van der Waals surface area contributed by atoms with Crippen molar-refractivity contribution in [2.24, 2.45) is 5.92 Å². The Morgan fingerprint density at radius 2 is 1.62 bits per heavy atom.